The van der Waals surface area contributed by atoms with Crippen LogP contribution in [0.25, 0.3) is 0 Å². The van der Waals surface area contributed by atoms with Crippen LogP contribution in [0, 0.1) is 17.6 Å². The number of aliphatic carboxylic acids is 1. The first-order valence-electron chi connectivity index (χ1n) is 6.58. The third-order valence-electron chi connectivity index (χ3n) is 3.44. The van der Waals surface area contributed by atoms with E-state index in [1.54, 1.807) is 0 Å². The van der Waals surface area contributed by atoms with Crippen LogP contribution in [0.15, 0.2) is 18.2 Å². The van der Waals surface area contributed by atoms with Crippen molar-refractivity contribution in [2.45, 2.75) is 19.4 Å². The number of carbonyl (C=O) groups is 3. The van der Waals surface area contributed by atoms with E-state index in [4.69, 9.17) is 5.11 Å². The zero-order valence-corrected chi connectivity index (χ0v) is 11.7. The molecule has 6 nitrogen and oxygen atoms in total. The van der Waals surface area contributed by atoms with Crippen LogP contribution in [0.1, 0.15) is 13.3 Å². The molecule has 2 rings (SSSR count). The molecule has 1 heterocycles. The number of para-hydroxylation sites is 1. The summed E-state index contributed by atoms with van der Waals surface area (Å²) in [5.41, 5.74) is -0.462. The van der Waals surface area contributed by atoms with Crippen molar-refractivity contribution in [2.24, 2.45) is 5.92 Å². The van der Waals surface area contributed by atoms with Gasteiger partial charge < -0.3 is 15.3 Å². The predicted molar refractivity (Wildman–Crippen MR) is 72.1 cm³/mol. The number of halogens is 2. The van der Waals surface area contributed by atoms with Gasteiger partial charge in [-0.2, -0.15) is 0 Å². The SMILES string of the molecule is CC(C(=O)O)C(=O)NC1CC(=O)N(c2c(F)cccc2F)C1. The minimum atomic E-state index is -1.29. The van der Waals surface area contributed by atoms with E-state index >= 15 is 0 Å². The average molecular weight is 312 g/mol. The lowest BCUT2D eigenvalue weighted by Crippen LogP contribution is -2.42. The summed E-state index contributed by atoms with van der Waals surface area (Å²) in [5.74, 6) is -5.61. The summed E-state index contributed by atoms with van der Waals surface area (Å²) in [6.07, 6.45) is -0.147. The van der Waals surface area contributed by atoms with Crippen LogP contribution in [0.2, 0.25) is 0 Å². The van der Waals surface area contributed by atoms with Crippen LogP contribution in [0.5, 0.6) is 0 Å². The second kappa shape index (κ2) is 6.08. The van der Waals surface area contributed by atoms with Gasteiger partial charge in [0, 0.05) is 13.0 Å². The second-order valence-corrected chi connectivity index (χ2v) is 5.04. The van der Waals surface area contributed by atoms with Crippen molar-refractivity contribution in [3.8, 4) is 0 Å². The van der Waals surface area contributed by atoms with Crippen molar-refractivity contribution in [2.75, 3.05) is 11.4 Å². The van der Waals surface area contributed by atoms with Crippen LogP contribution in [-0.4, -0.2) is 35.5 Å². The Labute approximate surface area is 124 Å². The number of nitrogens with zero attached hydrogens (tertiary/aromatic N) is 1. The number of hydrogen-bond donors (Lipinski definition) is 2. The van der Waals surface area contributed by atoms with E-state index in [9.17, 15) is 23.2 Å². The summed E-state index contributed by atoms with van der Waals surface area (Å²) in [5, 5.41) is 11.1. The van der Waals surface area contributed by atoms with E-state index in [1.165, 1.54) is 13.0 Å². The molecule has 0 aromatic heterocycles. The second-order valence-electron chi connectivity index (χ2n) is 5.04. The van der Waals surface area contributed by atoms with Crippen LogP contribution >= 0.6 is 0 Å². The van der Waals surface area contributed by atoms with Crippen LogP contribution in [-0.2, 0) is 14.4 Å². The monoisotopic (exact) mass is 312 g/mol. The Morgan fingerprint density at radius 3 is 2.50 bits per heavy atom. The van der Waals surface area contributed by atoms with E-state index in [-0.39, 0.29) is 13.0 Å². The Balaban J connectivity index is 2.12. The highest BCUT2D eigenvalue weighted by molar-refractivity contribution is 5.99. The highest BCUT2D eigenvalue weighted by atomic mass is 19.1. The van der Waals surface area contributed by atoms with Crippen molar-refractivity contribution in [3.63, 3.8) is 0 Å². The molecule has 2 N–H and O–H groups in total. The fourth-order valence-corrected chi connectivity index (χ4v) is 2.21. The normalized spacial score (nSPS) is 19.1. The summed E-state index contributed by atoms with van der Waals surface area (Å²) >= 11 is 0. The van der Waals surface area contributed by atoms with E-state index in [2.05, 4.69) is 5.32 Å². The van der Waals surface area contributed by atoms with E-state index in [1.807, 2.05) is 0 Å². The molecule has 2 amide bonds. The maximum absolute atomic E-state index is 13.7. The smallest absolute Gasteiger partial charge is 0.315 e. The van der Waals surface area contributed by atoms with Crippen molar-refractivity contribution >= 4 is 23.5 Å². The van der Waals surface area contributed by atoms with Gasteiger partial charge in [0.1, 0.15) is 23.2 Å². The van der Waals surface area contributed by atoms with Crippen molar-refractivity contribution in [1.82, 2.24) is 5.32 Å². The quantitative estimate of drug-likeness (QED) is 0.809. The largest absolute Gasteiger partial charge is 0.481 e. The molecule has 1 aliphatic heterocycles. The van der Waals surface area contributed by atoms with Crippen LogP contribution < -0.4 is 10.2 Å². The number of carbonyl (C=O) groups excluding carboxylic acids is 2. The minimum absolute atomic E-state index is 0.116. The van der Waals surface area contributed by atoms with Crippen molar-refractivity contribution in [3.05, 3.63) is 29.8 Å². The first kappa shape index (κ1) is 15.9. The summed E-state index contributed by atoms with van der Waals surface area (Å²) in [4.78, 5) is 35.2. The zero-order valence-electron chi connectivity index (χ0n) is 11.7. The third kappa shape index (κ3) is 3.05. The summed E-state index contributed by atoms with van der Waals surface area (Å²) in [6, 6.07) is 2.55. The maximum atomic E-state index is 13.7. The summed E-state index contributed by atoms with van der Waals surface area (Å²) in [7, 11) is 0. The highest BCUT2D eigenvalue weighted by Gasteiger charge is 2.35. The van der Waals surface area contributed by atoms with Gasteiger partial charge in [0.05, 0.1) is 6.04 Å². The Bertz CT molecular complexity index is 615. The summed E-state index contributed by atoms with van der Waals surface area (Å²) in [6.45, 7) is 1.09. The van der Waals surface area contributed by atoms with Gasteiger partial charge in [0.15, 0.2) is 0 Å². The Hall–Kier alpha value is -2.51. The average Bonchev–Trinajstić information content (AvgIpc) is 2.78. The summed E-state index contributed by atoms with van der Waals surface area (Å²) < 4.78 is 27.4. The molecule has 0 spiro atoms. The lowest BCUT2D eigenvalue weighted by Gasteiger charge is -2.19. The van der Waals surface area contributed by atoms with Gasteiger partial charge in [-0.05, 0) is 19.1 Å². The molecule has 0 radical (unpaired) electrons. The number of anilines is 1. The molecule has 2 atom stereocenters. The van der Waals surface area contributed by atoms with Crippen LogP contribution in [0.4, 0.5) is 14.5 Å². The Morgan fingerprint density at radius 1 is 1.36 bits per heavy atom. The molecular weight excluding hydrogens is 298 g/mol. The predicted octanol–water partition coefficient (Wildman–Crippen LogP) is 0.907. The van der Waals surface area contributed by atoms with Gasteiger partial charge >= 0.3 is 5.97 Å². The molecule has 1 fully saturated rings. The molecule has 0 bridgehead atoms. The first-order chi connectivity index (χ1) is 10.3. The number of hydrogen-bond acceptors (Lipinski definition) is 3. The van der Waals surface area contributed by atoms with E-state index in [0.717, 1.165) is 17.0 Å². The van der Waals surface area contributed by atoms with Gasteiger partial charge in [0.25, 0.3) is 0 Å². The molecule has 1 aliphatic rings. The van der Waals surface area contributed by atoms with Gasteiger partial charge in [-0.3, -0.25) is 14.4 Å². The van der Waals surface area contributed by atoms with Gasteiger partial charge in [-0.15, -0.1) is 0 Å². The van der Waals surface area contributed by atoms with Gasteiger partial charge in [-0.1, -0.05) is 6.07 Å². The zero-order chi connectivity index (χ0) is 16.4. The van der Waals surface area contributed by atoms with Gasteiger partial charge in [-0.25, -0.2) is 8.78 Å². The molecule has 0 saturated carbocycles. The topological polar surface area (TPSA) is 86.7 Å². The molecule has 1 aromatic carbocycles. The number of carboxylic acid groups (broad SMARTS) is 1. The van der Waals surface area contributed by atoms with Gasteiger partial charge in [0.2, 0.25) is 11.8 Å². The number of carboxylic acids is 1. The molecule has 8 heteroatoms. The molecule has 1 aromatic rings. The molecule has 2 unspecified atom stereocenters. The first-order valence-corrected chi connectivity index (χ1v) is 6.58. The highest BCUT2D eigenvalue weighted by Crippen LogP contribution is 2.27. The molecule has 22 heavy (non-hydrogen) atoms. The molecular formula is C14H14F2N2O4. The number of rotatable bonds is 4. The molecule has 118 valence electrons. The van der Waals surface area contributed by atoms with Crippen LogP contribution in [0.3, 0.4) is 0 Å². The van der Waals surface area contributed by atoms with E-state index < -0.39 is 47.1 Å². The number of nitrogens with one attached hydrogen (secondary N) is 1. The lowest BCUT2D eigenvalue weighted by molar-refractivity contribution is -0.146. The fourth-order valence-electron chi connectivity index (χ4n) is 2.21. The van der Waals surface area contributed by atoms with E-state index in [0.29, 0.717) is 0 Å². The van der Waals surface area contributed by atoms with Crippen molar-refractivity contribution < 1.29 is 28.3 Å². The molecule has 1 saturated heterocycles. The fraction of sp³-hybridized carbons (Fsp3) is 0.357. The Kier molecular flexibility index (Phi) is 4.39. The molecule has 0 aliphatic carbocycles. The third-order valence-corrected chi connectivity index (χ3v) is 3.44. The number of amides is 2. The van der Waals surface area contributed by atoms with Crippen molar-refractivity contribution in [1.29, 1.82) is 0 Å². The lowest BCUT2D eigenvalue weighted by atomic mass is 10.1. The number of benzene rings is 1. The maximum Gasteiger partial charge on any atom is 0.315 e. The standard InChI is InChI=1S/C14H14F2N2O4/c1-7(14(21)22)13(20)17-8-5-11(19)18(6-8)12-9(15)3-2-4-10(12)16/h2-4,7-8H,5-6H2,1H3,(H,17,20)(H,21,22). The Morgan fingerprint density at radius 2 is 1.95 bits per heavy atom. The minimum Gasteiger partial charge on any atom is -0.481 e.